The summed E-state index contributed by atoms with van der Waals surface area (Å²) in [7, 11) is 3.09. The highest BCUT2D eigenvalue weighted by Gasteiger charge is 2.25. The van der Waals surface area contributed by atoms with E-state index in [2.05, 4.69) is 0 Å². The number of carbonyl (C=O) groups excluding carboxylic acids is 2. The van der Waals surface area contributed by atoms with Crippen LogP contribution in [0.5, 0.6) is 11.5 Å². The van der Waals surface area contributed by atoms with E-state index in [1.807, 2.05) is 60.7 Å². The van der Waals surface area contributed by atoms with Gasteiger partial charge in [0.25, 0.3) is 5.91 Å². The molecule has 0 heterocycles. The van der Waals surface area contributed by atoms with Crippen molar-refractivity contribution in [2.45, 2.75) is 32.5 Å². The van der Waals surface area contributed by atoms with E-state index in [9.17, 15) is 9.59 Å². The number of ether oxygens (including phenoxy) is 3. The highest BCUT2D eigenvalue weighted by atomic mass is 16.5. The molecule has 0 N–H and O–H groups in total. The summed E-state index contributed by atoms with van der Waals surface area (Å²) in [6.45, 7) is 2.44. The molecule has 0 aliphatic heterocycles. The van der Waals surface area contributed by atoms with Crippen LogP contribution in [0.15, 0.2) is 78.9 Å². The minimum atomic E-state index is -0.922. The van der Waals surface area contributed by atoms with Gasteiger partial charge in [-0.15, -0.1) is 0 Å². The summed E-state index contributed by atoms with van der Waals surface area (Å²) in [4.78, 5) is 27.6. The number of hydrogen-bond donors (Lipinski definition) is 0. The average molecular weight is 448 g/mol. The molecule has 0 bridgehead atoms. The maximum atomic E-state index is 13.3. The molecule has 0 aromatic heterocycles. The van der Waals surface area contributed by atoms with Crippen molar-refractivity contribution in [3.05, 3.63) is 95.6 Å². The summed E-state index contributed by atoms with van der Waals surface area (Å²) in [5.74, 6) is 0.404. The Balaban J connectivity index is 1.69. The van der Waals surface area contributed by atoms with Gasteiger partial charge in [-0.1, -0.05) is 66.7 Å². The smallest absolute Gasteiger partial charge is 0.311 e. The molecule has 0 unspecified atom stereocenters. The Morgan fingerprint density at radius 3 is 1.91 bits per heavy atom. The average Bonchev–Trinajstić information content (AvgIpc) is 2.84. The van der Waals surface area contributed by atoms with Crippen LogP contribution in [0.25, 0.3) is 0 Å². The predicted molar refractivity (Wildman–Crippen MR) is 126 cm³/mol. The van der Waals surface area contributed by atoms with Crippen LogP contribution in [-0.2, 0) is 33.8 Å². The van der Waals surface area contributed by atoms with E-state index in [0.717, 1.165) is 11.1 Å². The second kappa shape index (κ2) is 11.7. The highest BCUT2D eigenvalue weighted by Crippen LogP contribution is 2.25. The van der Waals surface area contributed by atoms with Gasteiger partial charge in [0.15, 0.2) is 6.10 Å². The number of nitrogens with zero attached hydrogens (tertiary/aromatic N) is 1. The van der Waals surface area contributed by atoms with Crippen molar-refractivity contribution in [2.24, 2.45) is 0 Å². The lowest BCUT2D eigenvalue weighted by atomic mass is 10.1. The zero-order valence-electron chi connectivity index (χ0n) is 19.2. The first-order valence-corrected chi connectivity index (χ1v) is 10.8. The fraction of sp³-hybridized carbons (Fsp3) is 0.259. The maximum absolute atomic E-state index is 13.3. The summed E-state index contributed by atoms with van der Waals surface area (Å²) < 4.78 is 16.1. The molecule has 0 radical (unpaired) electrons. The number of esters is 1. The molecule has 33 heavy (non-hydrogen) atoms. The lowest BCUT2D eigenvalue weighted by molar-refractivity contribution is -0.159. The first-order chi connectivity index (χ1) is 16.0. The predicted octanol–water partition coefficient (Wildman–Crippen LogP) is 4.41. The normalized spacial score (nSPS) is 11.4. The second-order valence-electron chi connectivity index (χ2n) is 7.65. The van der Waals surface area contributed by atoms with Gasteiger partial charge in [-0.2, -0.15) is 0 Å². The van der Waals surface area contributed by atoms with Crippen molar-refractivity contribution in [1.82, 2.24) is 4.90 Å². The molecule has 3 aromatic carbocycles. The fourth-order valence-corrected chi connectivity index (χ4v) is 3.52. The molecule has 0 fully saturated rings. The van der Waals surface area contributed by atoms with Gasteiger partial charge in [-0.25, -0.2) is 0 Å². The third-order valence-corrected chi connectivity index (χ3v) is 5.23. The van der Waals surface area contributed by atoms with Gasteiger partial charge in [0.2, 0.25) is 0 Å². The molecule has 6 nitrogen and oxygen atoms in total. The van der Waals surface area contributed by atoms with Crippen LogP contribution < -0.4 is 9.47 Å². The Hall–Kier alpha value is -3.80. The molecule has 3 aromatic rings. The maximum Gasteiger partial charge on any atom is 0.311 e. The molecule has 0 aliphatic rings. The number of benzene rings is 3. The van der Waals surface area contributed by atoms with Gasteiger partial charge < -0.3 is 19.1 Å². The first kappa shape index (κ1) is 23.9. The van der Waals surface area contributed by atoms with Crippen molar-refractivity contribution in [3.8, 4) is 11.5 Å². The van der Waals surface area contributed by atoms with Gasteiger partial charge in [0.05, 0.1) is 20.6 Å². The van der Waals surface area contributed by atoms with E-state index in [4.69, 9.17) is 14.2 Å². The van der Waals surface area contributed by atoms with Crippen LogP contribution in [0.1, 0.15) is 23.6 Å². The molecular formula is C27H29NO5. The quantitative estimate of drug-likeness (QED) is 0.431. The molecular weight excluding hydrogens is 418 g/mol. The molecule has 0 spiro atoms. The molecule has 0 saturated heterocycles. The van der Waals surface area contributed by atoms with E-state index >= 15 is 0 Å². The number of methoxy groups -OCH3 is 2. The molecule has 0 saturated carbocycles. The van der Waals surface area contributed by atoms with Gasteiger partial charge in [-0.3, -0.25) is 9.59 Å². The zero-order chi connectivity index (χ0) is 23.6. The van der Waals surface area contributed by atoms with Crippen LogP contribution in [0.3, 0.4) is 0 Å². The molecule has 172 valence electrons. The third kappa shape index (κ3) is 6.84. The second-order valence-corrected chi connectivity index (χ2v) is 7.65. The van der Waals surface area contributed by atoms with Gasteiger partial charge in [-0.05, 0) is 24.1 Å². The minimum absolute atomic E-state index is 0.0117. The number of hydrogen-bond acceptors (Lipinski definition) is 5. The van der Waals surface area contributed by atoms with E-state index in [-0.39, 0.29) is 12.3 Å². The van der Waals surface area contributed by atoms with E-state index in [1.54, 1.807) is 37.1 Å². The van der Waals surface area contributed by atoms with E-state index in [0.29, 0.717) is 30.2 Å². The Bertz CT molecular complexity index is 1010. The summed E-state index contributed by atoms with van der Waals surface area (Å²) in [6.07, 6.45) is -0.934. The van der Waals surface area contributed by atoms with Gasteiger partial charge >= 0.3 is 5.97 Å². The Kier molecular flexibility index (Phi) is 8.47. The monoisotopic (exact) mass is 447 g/mol. The highest BCUT2D eigenvalue weighted by molar-refractivity contribution is 5.84. The molecule has 0 aliphatic carbocycles. The van der Waals surface area contributed by atoms with Crippen LogP contribution >= 0.6 is 0 Å². The lowest BCUT2D eigenvalue weighted by Gasteiger charge is -2.26. The first-order valence-electron chi connectivity index (χ1n) is 10.8. The topological polar surface area (TPSA) is 65.1 Å². The number of amides is 1. The number of rotatable bonds is 10. The van der Waals surface area contributed by atoms with Crippen LogP contribution in [0.4, 0.5) is 0 Å². The summed E-state index contributed by atoms with van der Waals surface area (Å²) >= 11 is 0. The zero-order valence-corrected chi connectivity index (χ0v) is 19.2. The van der Waals surface area contributed by atoms with Gasteiger partial charge in [0.1, 0.15) is 11.5 Å². The van der Waals surface area contributed by atoms with E-state index < -0.39 is 12.1 Å². The molecule has 1 amide bonds. The Morgan fingerprint density at radius 2 is 1.39 bits per heavy atom. The SMILES string of the molecule is COc1ccc(CC(=O)O[C@H](C)C(=O)N(Cc2ccccc2)Cc2ccccc2)c(OC)c1. The minimum Gasteiger partial charge on any atom is -0.497 e. The lowest BCUT2D eigenvalue weighted by Crippen LogP contribution is -2.39. The molecule has 6 heteroatoms. The van der Waals surface area contributed by atoms with Crippen molar-refractivity contribution in [2.75, 3.05) is 14.2 Å². The third-order valence-electron chi connectivity index (χ3n) is 5.23. The largest absolute Gasteiger partial charge is 0.497 e. The molecule has 3 rings (SSSR count). The fourth-order valence-electron chi connectivity index (χ4n) is 3.52. The Morgan fingerprint density at radius 1 is 0.818 bits per heavy atom. The van der Waals surface area contributed by atoms with Gasteiger partial charge in [0, 0.05) is 24.7 Å². The van der Waals surface area contributed by atoms with Crippen LogP contribution in [0.2, 0.25) is 0 Å². The van der Waals surface area contributed by atoms with Crippen molar-refractivity contribution >= 4 is 11.9 Å². The Labute approximate surface area is 194 Å². The van der Waals surface area contributed by atoms with Crippen molar-refractivity contribution in [3.63, 3.8) is 0 Å². The van der Waals surface area contributed by atoms with Crippen LogP contribution in [-0.4, -0.2) is 37.1 Å². The summed E-state index contributed by atoms with van der Waals surface area (Å²) in [5, 5.41) is 0. The van der Waals surface area contributed by atoms with E-state index in [1.165, 1.54) is 7.11 Å². The van der Waals surface area contributed by atoms with Crippen molar-refractivity contribution in [1.29, 1.82) is 0 Å². The summed E-state index contributed by atoms with van der Waals surface area (Å²) in [5.41, 5.74) is 2.67. The summed E-state index contributed by atoms with van der Waals surface area (Å²) in [6, 6.07) is 24.7. The van der Waals surface area contributed by atoms with Crippen LogP contribution in [0, 0.1) is 0 Å². The number of carbonyl (C=O) groups is 2. The van der Waals surface area contributed by atoms with Crippen molar-refractivity contribution < 1.29 is 23.8 Å². The molecule has 1 atom stereocenters. The standard InChI is InChI=1S/C27H29NO5/c1-20(33-26(29)16-23-14-15-24(31-2)17-25(23)32-3)27(30)28(18-21-10-6-4-7-11-21)19-22-12-8-5-9-13-22/h4-15,17,20H,16,18-19H2,1-3H3/t20-/m1/s1.